The van der Waals surface area contributed by atoms with E-state index in [0.717, 1.165) is 12.8 Å². The number of carbonyl (C=O) groups excluding carboxylic acids is 1. The predicted octanol–water partition coefficient (Wildman–Crippen LogP) is 3.78. The van der Waals surface area contributed by atoms with Gasteiger partial charge in [0.2, 0.25) is 5.76 Å². The van der Waals surface area contributed by atoms with Crippen molar-refractivity contribution in [3.8, 4) is 0 Å². The lowest BCUT2D eigenvalue weighted by molar-refractivity contribution is -0.127. The van der Waals surface area contributed by atoms with Crippen molar-refractivity contribution in [2.75, 3.05) is 0 Å². The number of carbonyl (C=O) groups is 1. The Kier molecular flexibility index (Phi) is 3.89. The van der Waals surface area contributed by atoms with Crippen LogP contribution in [-0.2, 0) is 4.79 Å². The number of aliphatic hydroxyl groups is 1. The fourth-order valence-corrected chi connectivity index (χ4v) is 2.02. The Morgan fingerprint density at radius 2 is 1.76 bits per heavy atom. The van der Waals surface area contributed by atoms with Crippen LogP contribution in [0.4, 0.5) is 13.2 Å². The molecule has 0 bridgehead atoms. The summed E-state index contributed by atoms with van der Waals surface area (Å²) in [4.78, 5) is 11.5. The minimum absolute atomic E-state index is 0.159. The number of alkyl halides is 3. The molecule has 0 heterocycles. The summed E-state index contributed by atoms with van der Waals surface area (Å²) in [7, 11) is 0. The van der Waals surface area contributed by atoms with Gasteiger partial charge >= 0.3 is 6.18 Å². The lowest BCUT2D eigenvalue weighted by Crippen LogP contribution is -2.26. The van der Waals surface area contributed by atoms with Crippen LogP contribution < -0.4 is 0 Å². The molecular formula is C12H17F3O2. The first kappa shape index (κ1) is 14.1. The number of allylic oxidation sites excluding steroid dienone is 2. The summed E-state index contributed by atoms with van der Waals surface area (Å²) in [5.74, 6) is -2.80. The van der Waals surface area contributed by atoms with Crippen LogP contribution >= 0.6 is 0 Å². The molecule has 17 heavy (non-hydrogen) atoms. The van der Waals surface area contributed by atoms with E-state index in [2.05, 4.69) is 13.8 Å². The van der Waals surface area contributed by atoms with Crippen molar-refractivity contribution in [3.63, 3.8) is 0 Å². The van der Waals surface area contributed by atoms with Gasteiger partial charge in [0.15, 0.2) is 5.78 Å². The molecule has 1 N–H and O–H groups in total. The summed E-state index contributed by atoms with van der Waals surface area (Å²) in [6.07, 6.45) is -1.68. The van der Waals surface area contributed by atoms with Crippen molar-refractivity contribution in [1.82, 2.24) is 0 Å². The number of rotatable bonds is 2. The lowest BCUT2D eigenvalue weighted by atomic mass is 9.72. The van der Waals surface area contributed by atoms with Crippen LogP contribution in [0.1, 0.15) is 39.5 Å². The Morgan fingerprint density at radius 3 is 2.18 bits per heavy atom. The maximum absolute atomic E-state index is 12.0. The van der Waals surface area contributed by atoms with Gasteiger partial charge in [-0.05, 0) is 31.1 Å². The summed E-state index contributed by atoms with van der Waals surface area (Å²) < 4.78 is 36.1. The maximum atomic E-state index is 12.0. The largest absolute Gasteiger partial charge is 0.504 e. The van der Waals surface area contributed by atoms with Gasteiger partial charge in [-0.1, -0.05) is 13.8 Å². The number of hydrogen-bond donors (Lipinski definition) is 1. The second-order valence-corrected chi connectivity index (χ2v) is 5.37. The first-order chi connectivity index (χ1) is 7.62. The second kappa shape index (κ2) is 4.70. The molecule has 1 rings (SSSR count). The van der Waals surface area contributed by atoms with Crippen LogP contribution in [0, 0.1) is 11.3 Å². The average molecular weight is 250 g/mol. The predicted molar refractivity (Wildman–Crippen MR) is 57.5 cm³/mol. The van der Waals surface area contributed by atoms with E-state index in [4.69, 9.17) is 5.11 Å². The maximum Gasteiger partial charge on any atom is 0.448 e. The van der Waals surface area contributed by atoms with Crippen molar-refractivity contribution in [1.29, 1.82) is 0 Å². The Bertz CT molecular complexity index is 319. The van der Waals surface area contributed by atoms with Gasteiger partial charge in [0, 0.05) is 12.0 Å². The van der Waals surface area contributed by atoms with E-state index in [0.29, 0.717) is 18.9 Å². The standard InChI is InChI=1S/C12H17F3O2/c1-11(2)5-3-8(4-6-11)9(16)7-10(17)12(13,14)15/h7-8,17H,3-6H2,1-2H3/b10-7-. The van der Waals surface area contributed by atoms with Crippen LogP contribution in [0.25, 0.3) is 0 Å². The molecular weight excluding hydrogens is 233 g/mol. The van der Waals surface area contributed by atoms with Gasteiger partial charge < -0.3 is 5.11 Å². The van der Waals surface area contributed by atoms with Crippen molar-refractivity contribution >= 4 is 5.78 Å². The van der Waals surface area contributed by atoms with Crippen LogP contribution in [-0.4, -0.2) is 17.1 Å². The summed E-state index contributed by atoms with van der Waals surface area (Å²) in [5, 5.41) is 8.70. The highest BCUT2D eigenvalue weighted by molar-refractivity contribution is 5.92. The highest BCUT2D eigenvalue weighted by Gasteiger charge is 2.36. The quantitative estimate of drug-likeness (QED) is 0.598. The molecule has 1 aliphatic carbocycles. The van der Waals surface area contributed by atoms with Gasteiger partial charge in [-0.2, -0.15) is 13.2 Å². The van der Waals surface area contributed by atoms with Crippen LogP contribution in [0.15, 0.2) is 11.8 Å². The monoisotopic (exact) mass is 250 g/mol. The molecule has 2 nitrogen and oxygen atoms in total. The van der Waals surface area contributed by atoms with Gasteiger partial charge in [0.25, 0.3) is 0 Å². The molecule has 98 valence electrons. The highest BCUT2D eigenvalue weighted by atomic mass is 19.4. The number of hydrogen-bond acceptors (Lipinski definition) is 2. The third-order valence-corrected chi connectivity index (χ3v) is 3.31. The lowest BCUT2D eigenvalue weighted by Gasteiger charge is -2.33. The van der Waals surface area contributed by atoms with Gasteiger partial charge in [-0.25, -0.2) is 0 Å². The molecule has 0 aromatic heterocycles. The van der Waals surface area contributed by atoms with Gasteiger partial charge in [-0.15, -0.1) is 0 Å². The Labute approximate surface area is 98.5 Å². The summed E-state index contributed by atoms with van der Waals surface area (Å²) in [6.45, 7) is 4.16. The summed E-state index contributed by atoms with van der Waals surface area (Å²) >= 11 is 0. The molecule has 0 atom stereocenters. The highest BCUT2D eigenvalue weighted by Crippen LogP contribution is 2.38. The van der Waals surface area contributed by atoms with E-state index < -0.39 is 17.7 Å². The molecule has 0 spiro atoms. The van der Waals surface area contributed by atoms with E-state index in [9.17, 15) is 18.0 Å². The smallest absolute Gasteiger partial charge is 0.448 e. The SMILES string of the molecule is CC1(C)CCC(C(=O)/C=C(\O)C(F)(F)F)CC1. The topological polar surface area (TPSA) is 37.3 Å². The molecule has 0 unspecified atom stereocenters. The first-order valence-electron chi connectivity index (χ1n) is 5.63. The molecule has 0 radical (unpaired) electrons. The molecule has 0 saturated heterocycles. The molecule has 0 aromatic rings. The minimum atomic E-state index is -4.83. The molecule has 5 heteroatoms. The normalized spacial score (nSPS) is 22.5. The van der Waals surface area contributed by atoms with Gasteiger partial charge in [-0.3, -0.25) is 4.79 Å². The van der Waals surface area contributed by atoms with Crippen molar-refractivity contribution in [2.24, 2.45) is 11.3 Å². The molecule has 1 aliphatic rings. The zero-order chi connectivity index (χ0) is 13.3. The number of aliphatic hydroxyl groups excluding tert-OH is 1. The van der Waals surface area contributed by atoms with E-state index in [1.165, 1.54) is 0 Å². The van der Waals surface area contributed by atoms with Crippen molar-refractivity contribution in [3.05, 3.63) is 11.8 Å². The van der Waals surface area contributed by atoms with E-state index >= 15 is 0 Å². The molecule has 0 aromatic carbocycles. The third kappa shape index (κ3) is 4.06. The van der Waals surface area contributed by atoms with Crippen molar-refractivity contribution < 1.29 is 23.1 Å². The van der Waals surface area contributed by atoms with E-state index in [1.807, 2.05) is 0 Å². The zero-order valence-corrected chi connectivity index (χ0v) is 9.97. The Morgan fingerprint density at radius 1 is 1.29 bits per heavy atom. The van der Waals surface area contributed by atoms with Crippen LogP contribution in [0.2, 0.25) is 0 Å². The van der Waals surface area contributed by atoms with Crippen molar-refractivity contribution in [2.45, 2.75) is 45.7 Å². The first-order valence-corrected chi connectivity index (χ1v) is 5.63. The fraction of sp³-hybridized carbons (Fsp3) is 0.750. The molecule has 1 saturated carbocycles. The van der Waals surface area contributed by atoms with E-state index in [1.54, 1.807) is 0 Å². The van der Waals surface area contributed by atoms with E-state index in [-0.39, 0.29) is 11.3 Å². The fourth-order valence-electron chi connectivity index (χ4n) is 2.02. The third-order valence-electron chi connectivity index (χ3n) is 3.31. The van der Waals surface area contributed by atoms with Gasteiger partial charge in [0.05, 0.1) is 0 Å². The Balaban J connectivity index is 2.62. The summed E-state index contributed by atoms with van der Waals surface area (Å²) in [5.41, 5.74) is 0.159. The molecule has 1 fully saturated rings. The molecule has 0 amide bonds. The van der Waals surface area contributed by atoms with Crippen LogP contribution in [0.3, 0.4) is 0 Å². The second-order valence-electron chi connectivity index (χ2n) is 5.37. The average Bonchev–Trinajstić information content (AvgIpc) is 2.15. The number of ketones is 1. The molecule has 0 aliphatic heterocycles. The minimum Gasteiger partial charge on any atom is -0.504 e. The zero-order valence-electron chi connectivity index (χ0n) is 9.97. The van der Waals surface area contributed by atoms with Crippen LogP contribution in [0.5, 0.6) is 0 Å². The number of halogens is 3. The van der Waals surface area contributed by atoms with Gasteiger partial charge in [0.1, 0.15) is 0 Å². The summed E-state index contributed by atoms with van der Waals surface area (Å²) in [6, 6.07) is 0. The Hall–Kier alpha value is -1.00.